The molecule has 1 aromatic heterocycles. The fourth-order valence-corrected chi connectivity index (χ4v) is 3.82. The van der Waals surface area contributed by atoms with Crippen LogP contribution in [0.15, 0.2) is 54.7 Å². The van der Waals surface area contributed by atoms with Crippen molar-refractivity contribution in [2.45, 2.75) is 26.1 Å². The molecule has 0 radical (unpaired) electrons. The van der Waals surface area contributed by atoms with Gasteiger partial charge in [0.1, 0.15) is 11.4 Å². The van der Waals surface area contributed by atoms with Crippen LogP contribution < -0.4 is 15.5 Å². The van der Waals surface area contributed by atoms with Crippen LogP contribution in [-0.4, -0.2) is 42.2 Å². The van der Waals surface area contributed by atoms with E-state index >= 15 is 0 Å². The minimum absolute atomic E-state index is 0.185. The summed E-state index contributed by atoms with van der Waals surface area (Å²) in [6, 6.07) is 12.8. The van der Waals surface area contributed by atoms with Gasteiger partial charge in [-0.15, -0.1) is 0 Å². The van der Waals surface area contributed by atoms with E-state index in [-0.39, 0.29) is 18.0 Å². The van der Waals surface area contributed by atoms with Gasteiger partial charge in [-0.1, -0.05) is 30.3 Å². The molecule has 0 aliphatic carbocycles. The molecule has 1 aliphatic heterocycles. The number of nitrogens with one attached hydrogen (secondary N) is 2. The summed E-state index contributed by atoms with van der Waals surface area (Å²) in [6.45, 7) is 4.01. The number of anilines is 3. The number of alkyl halides is 3. The van der Waals surface area contributed by atoms with Crippen LogP contribution in [0.25, 0.3) is 0 Å². The molecular weight excluding hydrogens is 459 g/mol. The molecule has 2 N–H and O–H groups in total. The zero-order valence-electron chi connectivity index (χ0n) is 19.2. The van der Waals surface area contributed by atoms with E-state index in [1.54, 1.807) is 0 Å². The third-order valence-electron chi connectivity index (χ3n) is 5.63. The highest BCUT2D eigenvalue weighted by molar-refractivity contribution is 5.98. The van der Waals surface area contributed by atoms with Crippen molar-refractivity contribution in [3.05, 3.63) is 77.0 Å². The van der Waals surface area contributed by atoms with Gasteiger partial charge < -0.3 is 20.3 Å². The van der Waals surface area contributed by atoms with Crippen LogP contribution in [-0.2, 0) is 23.9 Å². The molecule has 0 saturated heterocycles. The van der Waals surface area contributed by atoms with Crippen molar-refractivity contribution in [2.24, 2.45) is 0 Å². The summed E-state index contributed by atoms with van der Waals surface area (Å²) in [7, 11) is 0. The maximum atomic E-state index is 12.9. The van der Waals surface area contributed by atoms with Gasteiger partial charge in [0.25, 0.3) is 5.91 Å². The monoisotopic (exact) mass is 485 g/mol. The van der Waals surface area contributed by atoms with Gasteiger partial charge in [0.15, 0.2) is 0 Å². The van der Waals surface area contributed by atoms with Crippen LogP contribution in [0, 0.1) is 0 Å². The van der Waals surface area contributed by atoms with Gasteiger partial charge >= 0.3 is 6.18 Å². The summed E-state index contributed by atoms with van der Waals surface area (Å²) >= 11 is 0. The first-order valence-corrected chi connectivity index (χ1v) is 11.3. The molecule has 0 spiro atoms. The van der Waals surface area contributed by atoms with Gasteiger partial charge in [0, 0.05) is 38.1 Å². The molecular formula is C25H26F3N5O2. The Morgan fingerprint density at radius 1 is 1.14 bits per heavy atom. The molecule has 0 atom stereocenters. The van der Waals surface area contributed by atoms with E-state index in [0.29, 0.717) is 43.6 Å². The number of rotatable bonds is 9. The molecule has 0 fully saturated rings. The fraction of sp³-hybridized carbons (Fsp3) is 0.320. The van der Waals surface area contributed by atoms with Crippen molar-refractivity contribution in [1.82, 2.24) is 15.3 Å². The van der Waals surface area contributed by atoms with Crippen LogP contribution in [0.4, 0.5) is 30.6 Å². The summed E-state index contributed by atoms with van der Waals surface area (Å²) in [5, 5.41) is 5.89. The Bertz CT molecular complexity index is 1170. The average molecular weight is 486 g/mol. The second-order valence-electron chi connectivity index (χ2n) is 7.96. The summed E-state index contributed by atoms with van der Waals surface area (Å²) in [5.41, 5.74) is 2.34. The minimum atomic E-state index is -4.40. The smallest absolute Gasteiger partial charge is 0.380 e. The van der Waals surface area contributed by atoms with E-state index in [4.69, 9.17) is 4.74 Å². The Kier molecular flexibility index (Phi) is 7.50. The highest BCUT2D eigenvalue weighted by Gasteiger charge is 2.30. The number of hydrogen-bond acceptors (Lipinski definition) is 6. The maximum absolute atomic E-state index is 12.9. The van der Waals surface area contributed by atoms with Gasteiger partial charge in [0.2, 0.25) is 5.95 Å². The lowest BCUT2D eigenvalue weighted by molar-refractivity contribution is -0.137. The Morgan fingerprint density at radius 3 is 2.66 bits per heavy atom. The SMILES string of the molecule is CCOCCNC(=O)c1cnc(N2CCc3ccccc32)nc1NCc1ccc(C(F)(F)F)cc1. The third-order valence-corrected chi connectivity index (χ3v) is 5.63. The number of ether oxygens (including phenoxy) is 1. The maximum Gasteiger partial charge on any atom is 0.416 e. The predicted molar refractivity (Wildman–Crippen MR) is 127 cm³/mol. The quantitative estimate of drug-likeness (QED) is 0.433. The van der Waals surface area contributed by atoms with Crippen LogP contribution in [0.3, 0.4) is 0 Å². The van der Waals surface area contributed by atoms with E-state index in [1.807, 2.05) is 30.0 Å². The Labute approximate surface area is 201 Å². The van der Waals surface area contributed by atoms with E-state index in [2.05, 4.69) is 26.7 Å². The van der Waals surface area contributed by atoms with Crippen molar-refractivity contribution < 1.29 is 22.7 Å². The van der Waals surface area contributed by atoms with Crippen LogP contribution in [0.1, 0.15) is 34.0 Å². The second-order valence-corrected chi connectivity index (χ2v) is 7.96. The Morgan fingerprint density at radius 2 is 1.91 bits per heavy atom. The lowest BCUT2D eigenvalue weighted by Gasteiger charge is -2.19. The number of fused-ring (bicyclic) bond motifs is 1. The van der Waals surface area contributed by atoms with Gasteiger partial charge in [-0.05, 0) is 42.7 Å². The first kappa shape index (κ1) is 24.5. The van der Waals surface area contributed by atoms with Gasteiger partial charge in [-0.3, -0.25) is 4.79 Å². The van der Waals surface area contributed by atoms with Gasteiger partial charge in [-0.25, -0.2) is 4.98 Å². The predicted octanol–water partition coefficient (Wildman–Crippen LogP) is 4.57. The van der Waals surface area contributed by atoms with E-state index in [1.165, 1.54) is 23.9 Å². The first-order valence-electron chi connectivity index (χ1n) is 11.3. The molecule has 3 aromatic rings. The number of para-hydroxylation sites is 1. The van der Waals surface area contributed by atoms with Crippen molar-refractivity contribution >= 4 is 23.4 Å². The highest BCUT2D eigenvalue weighted by atomic mass is 19.4. The first-order chi connectivity index (χ1) is 16.9. The summed E-state index contributed by atoms with van der Waals surface area (Å²) in [5.74, 6) is 0.372. The molecule has 0 saturated carbocycles. The van der Waals surface area contributed by atoms with E-state index < -0.39 is 11.7 Å². The minimum Gasteiger partial charge on any atom is -0.380 e. The number of carbonyl (C=O) groups excluding carboxylic acids is 1. The number of halogens is 3. The molecule has 2 aromatic carbocycles. The Balaban J connectivity index is 1.56. The molecule has 0 bridgehead atoms. The second kappa shape index (κ2) is 10.7. The van der Waals surface area contributed by atoms with E-state index in [9.17, 15) is 18.0 Å². The number of nitrogens with zero attached hydrogens (tertiary/aromatic N) is 3. The highest BCUT2D eigenvalue weighted by Crippen LogP contribution is 2.33. The number of hydrogen-bond donors (Lipinski definition) is 2. The normalized spacial score (nSPS) is 13.0. The topological polar surface area (TPSA) is 79.4 Å². The number of carbonyl (C=O) groups is 1. The molecule has 4 rings (SSSR count). The zero-order chi connectivity index (χ0) is 24.8. The largest absolute Gasteiger partial charge is 0.416 e. The molecule has 0 unspecified atom stereocenters. The molecule has 35 heavy (non-hydrogen) atoms. The van der Waals surface area contributed by atoms with Gasteiger partial charge in [-0.2, -0.15) is 18.2 Å². The summed E-state index contributed by atoms with van der Waals surface area (Å²) in [6.07, 6.45) is -2.08. The molecule has 10 heteroatoms. The molecule has 2 heterocycles. The summed E-state index contributed by atoms with van der Waals surface area (Å²) in [4.78, 5) is 23.8. The van der Waals surface area contributed by atoms with Crippen molar-refractivity contribution in [3.63, 3.8) is 0 Å². The zero-order valence-corrected chi connectivity index (χ0v) is 19.2. The van der Waals surface area contributed by atoms with Crippen molar-refractivity contribution in [3.8, 4) is 0 Å². The lowest BCUT2D eigenvalue weighted by atomic mass is 10.1. The third kappa shape index (κ3) is 5.89. The molecule has 7 nitrogen and oxygen atoms in total. The molecule has 184 valence electrons. The average Bonchev–Trinajstić information content (AvgIpc) is 3.29. The van der Waals surface area contributed by atoms with E-state index in [0.717, 1.165) is 24.2 Å². The summed E-state index contributed by atoms with van der Waals surface area (Å²) < 4.78 is 43.9. The van der Waals surface area contributed by atoms with Crippen LogP contribution >= 0.6 is 0 Å². The molecule has 1 amide bonds. The number of aromatic nitrogens is 2. The number of amides is 1. The fourth-order valence-electron chi connectivity index (χ4n) is 3.82. The van der Waals surface area contributed by atoms with Crippen molar-refractivity contribution in [2.75, 3.05) is 36.5 Å². The van der Waals surface area contributed by atoms with Crippen molar-refractivity contribution in [1.29, 1.82) is 0 Å². The van der Waals surface area contributed by atoms with Crippen LogP contribution in [0.2, 0.25) is 0 Å². The Hall–Kier alpha value is -3.66. The number of benzene rings is 2. The van der Waals surface area contributed by atoms with Crippen LogP contribution in [0.5, 0.6) is 0 Å². The van der Waals surface area contributed by atoms with Gasteiger partial charge in [0.05, 0.1) is 12.2 Å². The molecule has 1 aliphatic rings. The standard InChI is InChI=1S/C25H26F3N5O2/c1-2-35-14-12-29-23(34)20-16-31-24(33-13-11-18-5-3-4-6-21(18)33)32-22(20)30-15-17-7-9-19(10-8-17)25(26,27)28/h3-10,16H,2,11-15H2,1H3,(H,29,34)(H,30,31,32). The lowest BCUT2D eigenvalue weighted by Crippen LogP contribution is -2.29.